The first-order valence-corrected chi connectivity index (χ1v) is 6.97. The molecule has 1 heterocycles. The maximum atomic E-state index is 14.3. The van der Waals surface area contributed by atoms with Gasteiger partial charge in [0.15, 0.2) is 11.6 Å². The summed E-state index contributed by atoms with van der Waals surface area (Å²) in [7, 11) is -0.551. The average molecular weight is 280 g/mol. The van der Waals surface area contributed by atoms with E-state index in [-0.39, 0.29) is 11.6 Å². The van der Waals surface area contributed by atoms with E-state index in [0.29, 0.717) is 17.6 Å². The van der Waals surface area contributed by atoms with Gasteiger partial charge in [-0.25, -0.2) is 4.39 Å². The molecule has 0 radical (unpaired) electrons. The predicted octanol–water partition coefficient (Wildman–Crippen LogP) is 2.83. The molecule has 1 fully saturated rings. The highest BCUT2D eigenvalue weighted by atomic mass is 19.1. The zero-order valence-electron chi connectivity index (χ0n) is 13.0. The molecule has 0 unspecified atom stereocenters. The summed E-state index contributed by atoms with van der Waals surface area (Å²) in [6, 6.07) is 3.44. The van der Waals surface area contributed by atoms with E-state index in [2.05, 4.69) is 0 Å². The Morgan fingerprint density at radius 3 is 2.20 bits per heavy atom. The van der Waals surface area contributed by atoms with Crippen molar-refractivity contribution < 1.29 is 18.4 Å². The van der Waals surface area contributed by atoms with Crippen LogP contribution < -0.4 is 10.2 Å². The van der Waals surface area contributed by atoms with Crippen LogP contribution in [0.25, 0.3) is 0 Å². The lowest BCUT2D eigenvalue weighted by atomic mass is 9.76. The zero-order valence-corrected chi connectivity index (χ0v) is 13.0. The summed E-state index contributed by atoms with van der Waals surface area (Å²) in [6.45, 7) is 11.9. The van der Waals surface area contributed by atoms with E-state index in [1.165, 1.54) is 0 Å². The molecule has 1 saturated heterocycles. The summed E-state index contributed by atoms with van der Waals surface area (Å²) in [5, 5.41) is 0. The van der Waals surface area contributed by atoms with Gasteiger partial charge in [0, 0.05) is 0 Å². The van der Waals surface area contributed by atoms with Crippen LogP contribution in [0.2, 0.25) is 0 Å². The molecule has 0 saturated carbocycles. The topological polar surface area (TPSA) is 27.7 Å². The van der Waals surface area contributed by atoms with Gasteiger partial charge in [0.2, 0.25) is 0 Å². The molecule has 0 aromatic heterocycles. The normalized spacial score (nSPS) is 20.2. The molecule has 0 bridgehead atoms. The van der Waals surface area contributed by atoms with Crippen molar-refractivity contribution in [2.45, 2.75) is 52.7 Å². The van der Waals surface area contributed by atoms with E-state index in [1.807, 2.05) is 40.7 Å². The summed E-state index contributed by atoms with van der Waals surface area (Å²) in [6.07, 6.45) is 0. The third-order valence-corrected chi connectivity index (χ3v) is 4.20. The van der Waals surface area contributed by atoms with Crippen LogP contribution in [0.15, 0.2) is 12.1 Å². The van der Waals surface area contributed by atoms with E-state index in [0.717, 1.165) is 0 Å². The van der Waals surface area contributed by atoms with Crippen molar-refractivity contribution in [1.82, 2.24) is 0 Å². The molecule has 0 N–H and O–H groups in total. The van der Waals surface area contributed by atoms with Crippen LogP contribution in [0.4, 0.5) is 4.39 Å². The van der Waals surface area contributed by atoms with Gasteiger partial charge in [-0.05, 0) is 58.6 Å². The van der Waals surface area contributed by atoms with Gasteiger partial charge in [0.1, 0.15) is 0 Å². The molecule has 110 valence electrons. The van der Waals surface area contributed by atoms with E-state index in [4.69, 9.17) is 14.0 Å². The molecule has 1 aromatic rings. The van der Waals surface area contributed by atoms with E-state index >= 15 is 0 Å². The molecule has 1 aliphatic rings. The molecule has 5 heteroatoms. The monoisotopic (exact) mass is 280 g/mol. The maximum Gasteiger partial charge on any atom is 0.495 e. The van der Waals surface area contributed by atoms with Crippen molar-refractivity contribution in [1.29, 1.82) is 0 Å². The van der Waals surface area contributed by atoms with Crippen LogP contribution in [0.5, 0.6) is 5.75 Å². The first-order valence-electron chi connectivity index (χ1n) is 6.97. The first-order chi connectivity index (χ1) is 9.19. The fourth-order valence-corrected chi connectivity index (χ4v) is 2.17. The van der Waals surface area contributed by atoms with Crippen LogP contribution in [-0.4, -0.2) is 24.9 Å². The standard InChI is InChI=1S/C15H22BFO3/c1-7-18-12-9-8-11(10(2)13(12)17)16-19-14(3,4)15(5,6)20-16/h8-9H,7H2,1-6H3. The predicted molar refractivity (Wildman–Crippen MR) is 78.0 cm³/mol. The van der Waals surface area contributed by atoms with Gasteiger partial charge in [0.05, 0.1) is 17.8 Å². The van der Waals surface area contributed by atoms with Gasteiger partial charge in [-0.2, -0.15) is 0 Å². The van der Waals surface area contributed by atoms with E-state index in [9.17, 15) is 4.39 Å². The van der Waals surface area contributed by atoms with Gasteiger partial charge in [-0.15, -0.1) is 0 Å². The smallest absolute Gasteiger partial charge is 0.491 e. The van der Waals surface area contributed by atoms with Crippen LogP contribution in [-0.2, 0) is 9.31 Å². The highest BCUT2D eigenvalue weighted by Gasteiger charge is 2.52. The number of rotatable bonds is 3. The Morgan fingerprint density at radius 2 is 1.70 bits per heavy atom. The number of ether oxygens (including phenoxy) is 1. The number of hydrogen-bond donors (Lipinski definition) is 0. The highest BCUT2D eigenvalue weighted by Crippen LogP contribution is 2.37. The van der Waals surface area contributed by atoms with Crippen LogP contribution in [0.1, 0.15) is 40.2 Å². The summed E-state index contributed by atoms with van der Waals surface area (Å²) >= 11 is 0. The summed E-state index contributed by atoms with van der Waals surface area (Å²) in [5.41, 5.74) is 0.359. The second-order valence-electron chi connectivity index (χ2n) is 6.11. The fraction of sp³-hybridized carbons (Fsp3) is 0.600. The van der Waals surface area contributed by atoms with Gasteiger partial charge < -0.3 is 14.0 Å². The third-order valence-electron chi connectivity index (χ3n) is 4.20. The Bertz CT molecular complexity index is 498. The molecule has 0 aliphatic carbocycles. The lowest BCUT2D eigenvalue weighted by molar-refractivity contribution is 0.00578. The van der Waals surface area contributed by atoms with Gasteiger partial charge in [0.25, 0.3) is 0 Å². The van der Waals surface area contributed by atoms with Gasteiger partial charge >= 0.3 is 7.12 Å². The molecule has 20 heavy (non-hydrogen) atoms. The Kier molecular flexibility index (Phi) is 3.86. The van der Waals surface area contributed by atoms with Crippen molar-refractivity contribution >= 4 is 12.6 Å². The SMILES string of the molecule is CCOc1ccc(B2OC(C)(C)C(C)(C)O2)c(C)c1F. The Morgan fingerprint density at radius 1 is 1.15 bits per heavy atom. The Balaban J connectivity index is 2.34. The quantitative estimate of drug-likeness (QED) is 0.797. The van der Waals surface area contributed by atoms with Crippen molar-refractivity contribution in [2.24, 2.45) is 0 Å². The number of halogens is 1. The van der Waals surface area contributed by atoms with Gasteiger partial charge in [-0.3, -0.25) is 0 Å². The minimum absolute atomic E-state index is 0.269. The summed E-state index contributed by atoms with van der Waals surface area (Å²) in [4.78, 5) is 0. The van der Waals surface area contributed by atoms with Crippen molar-refractivity contribution in [3.8, 4) is 5.75 Å². The lowest BCUT2D eigenvalue weighted by Crippen LogP contribution is -2.41. The molecular formula is C15H22BFO3. The zero-order chi connectivity index (χ0) is 15.1. The minimum Gasteiger partial charge on any atom is -0.491 e. The second kappa shape index (κ2) is 5.04. The van der Waals surface area contributed by atoms with Crippen molar-refractivity contribution in [3.63, 3.8) is 0 Å². The van der Waals surface area contributed by atoms with Crippen LogP contribution in [0, 0.1) is 12.7 Å². The lowest BCUT2D eigenvalue weighted by Gasteiger charge is -2.32. The molecular weight excluding hydrogens is 258 g/mol. The molecule has 0 atom stereocenters. The molecule has 1 aromatic carbocycles. The number of benzene rings is 1. The third kappa shape index (κ3) is 2.45. The van der Waals surface area contributed by atoms with Crippen molar-refractivity contribution in [2.75, 3.05) is 6.61 Å². The second-order valence-corrected chi connectivity index (χ2v) is 6.11. The number of hydrogen-bond acceptors (Lipinski definition) is 3. The van der Waals surface area contributed by atoms with Crippen LogP contribution in [0.3, 0.4) is 0 Å². The maximum absolute atomic E-state index is 14.3. The van der Waals surface area contributed by atoms with Crippen molar-refractivity contribution in [3.05, 3.63) is 23.5 Å². The summed E-state index contributed by atoms with van der Waals surface area (Å²) < 4.78 is 31.4. The molecule has 2 rings (SSSR count). The molecule has 1 aliphatic heterocycles. The summed E-state index contributed by atoms with van der Waals surface area (Å²) in [5.74, 6) is -0.0793. The average Bonchev–Trinajstić information content (AvgIpc) is 2.55. The minimum atomic E-state index is -0.551. The van der Waals surface area contributed by atoms with E-state index < -0.39 is 18.3 Å². The van der Waals surface area contributed by atoms with E-state index in [1.54, 1.807) is 13.0 Å². The van der Waals surface area contributed by atoms with Crippen LogP contribution >= 0.6 is 0 Å². The molecule has 0 amide bonds. The fourth-order valence-electron chi connectivity index (χ4n) is 2.17. The Labute approximate surface area is 120 Å². The molecule has 3 nitrogen and oxygen atoms in total. The first kappa shape index (κ1) is 15.3. The highest BCUT2D eigenvalue weighted by molar-refractivity contribution is 6.62. The Hall–Kier alpha value is -1.07. The molecule has 0 spiro atoms. The van der Waals surface area contributed by atoms with Gasteiger partial charge in [-0.1, -0.05) is 6.07 Å². The largest absolute Gasteiger partial charge is 0.495 e.